The number of piperidine rings is 1. The summed E-state index contributed by atoms with van der Waals surface area (Å²) in [6.45, 7) is 7.53. The molecule has 2 aliphatic heterocycles. The van der Waals surface area contributed by atoms with Gasteiger partial charge in [-0.1, -0.05) is 42.8 Å². The van der Waals surface area contributed by atoms with Gasteiger partial charge < -0.3 is 15.0 Å². The smallest absolute Gasteiger partial charge is 0.119 e. The molecular weight excluding hydrogens is 358 g/mol. The SMILES string of the molecule is CN1CCN(CCOc2ccc(-c3ccccc3CC3CCCCN3)cc2)CC1. The summed E-state index contributed by atoms with van der Waals surface area (Å²) in [5, 5.41) is 3.68. The Bertz CT molecular complexity index is 747. The van der Waals surface area contributed by atoms with Gasteiger partial charge in [0.05, 0.1) is 0 Å². The maximum Gasteiger partial charge on any atom is 0.119 e. The number of benzene rings is 2. The van der Waals surface area contributed by atoms with E-state index in [9.17, 15) is 0 Å². The molecule has 1 atom stereocenters. The van der Waals surface area contributed by atoms with Gasteiger partial charge in [-0.3, -0.25) is 4.90 Å². The normalized spacial score (nSPS) is 21.2. The Balaban J connectivity index is 1.33. The number of hydrogen-bond acceptors (Lipinski definition) is 4. The molecule has 29 heavy (non-hydrogen) atoms. The van der Waals surface area contributed by atoms with E-state index < -0.39 is 0 Å². The first-order valence-corrected chi connectivity index (χ1v) is 11.2. The minimum absolute atomic E-state index is 0.613. The third-order valence-electron chi connectivity index (χ3n) is 6.33. The number of nitrogens with one attached hydrogen (secondary N) is 1. The lowest BCUT2D eigenvalue weighted by molar-refractivity contribution is 0.134. The van der Waals surface area contributed by atoms with E-state index in [2.05, 4.69) is 70.7 Å². The topological polar surface area (TPSA) is 27.7 Å². The summed E-state index contributed by atoms with van der Waals surface area (Å²) in [7, 11) is 2.19. The van der Waals surface area contributed by atoms with Crippen LogP contribution in [0.2, 0.25) is 0 Å². The van der Waals surface area contributed by atoms with Crippen molar-refractivity contribution in [3.8, 4) is 16.9 Å². The lowest BCUT2D eigenvalue weighted by atomic mass is 9.92. The molecule has 0 bridgehead atoms. The standard InChI is InChI=1S/C25H35N3O/c1-27-14-16-28(17-15-27)18-19-29-24-11-9-21(10-12-24)25-8-3-2-6-22(25)20-23-7-4-5-13-26-23/h2-3,6,8-12,23,26H,4-5,7,13-20H2,1H3. The first-order chi connectivity index (χ1) is 14.3. The summed E-state index contributed by atoms with van der Waals surface area (Å²) in [6, 6.07) is 18.1. The lowest BCUT2D eigenvalue weighted by Gasteiger charge is -2.32. The fraction of sp³-hybridized carbons (Fsp3) is 0.520. The summed E-state index contributed by atoms with van der Waals surface area (Å²) in [5.74, 6) is 0.967. The molecule has 4 heteroatoms. The molecule has 0 aromatic heterocycles. The van der Waals surface area contributed by atoms with Gasteiger partial charge in [-0.25, -0.2) is 0 Å². The number of likely N-dealkylation sites (N-methyl/N-ethyl adjacent to an activating group) is 1. The molecule has 0 spiro atoms. The Morgan fingerprint density at radius 2 is 1.76 bits per heavy atom. The van der Waals surface area contributed by atoms with E-state index in [4.69, 9.17) is 4.74 Å². The Morgan fingerprint density at radius 1 is 0.966 bits per heavy atom. The molecule has 1 N–H and O–H groups in total. The van der Waals surface area contributed by atoms with Crippen LogP contribution in [0.5, 0.6) is 5.75 Å². The first kappa shape index (κ1) is 20.4. The van der Waals surface area contributed by atoms with Gasteiger partial charge in [0.25, 0.3) is 0 Å². The highest BCUT2D eigenvalue weighted by Gasteiger charge is 2.16. The van der Waals surface area contributed by atoms with Crippen molar-refractivity contribution in [2.75, 3.05) is 52.9 Å². The van der Waals surface area contributed by atoms with Crippen molar-refractivity contribution in [2.24, 2.45) is 0 Å². The van der Waals surface area contributed by atoms with Crippen LogP contribution in [0.15, 0.2) is 48.5 Å². The van der Waals surface area contributed by atoms with Crippen LogP contribution in [-0.4, -0.2) is 68.8 Å². The van der Waals surface area contributed by atoms with Gasteiger partial charge in [-0.15, -0.1) is 0 Å². The number of rotatable bonds is 7. The van der Waals surface area contributed by atoms with E-state index in [1.165, 1.54) is 36.0 Å². The molecule has 1 unspecified atom stereocenters. The molecule has 4 rings (SSSR count). The van der Waals surface area contributed by atoms with Crippen molar-refractivity contribution >= 4 is 0 Å². The molecule has 0 amide bonds. The summed E-state index contributed by atoms with van der Waals surface area (Å²) >= 11 is 0. The molecule has 0 aliphatic carbocycles. The highest BCUT2D eigenvalue weighted by Crippen LogP contribution is 2.27. The average Bonchev–Trinajstić information content (AvgIpc) is 2.77. The van der Waals surface area contributed by atoms with Gasteiger partial charge in [0, 0.05) is 38.8 Å². The van der Waals surface area contributed by atoms with E-state index in [1.807, 2.05) is 0 Å². The van der Waals surface area contributed by atoms with Gasteiger partial charge in [-0.2, -0.15) is 0 Å². The molecule has 0 saturated carbocycles. The Morgan fingerprint density at radius 3 is 2.52 bits per heavy atom. The average molecular weight is 394 g/mol. The molecule has 156 valence electrons. The van der Waals surface area contributed by atoms with Crippen LogP contribution < -0.4 is 10.1 Å². The van der Waals surface area contributed by atoms with Crippen LogP contribution in [0, 0.1) is 0 Å². The Labute approximate surface area is 175 Å². The maximum atomic E-state index is 6.01. The number of hydrogen-bond donors (Lipinski definition) is 1. The van der Waals surface area contributed by atoms with Crippen LogP contribution in [0.3, 0.4) is 0 Å². The zero-order valence-corrected chi connectivity index (χ0v) is 17.8. The predicted molar refractivity (Wildman–Crippen MR) is 121 cm³/mol. The van der Waals surface area contributed by atoms with Gasteiger partial charge in [-0.05, 0) is 61.7 Å². The van der Waals surface area contributed by atoms with Crippen molar-refractivity contribution in [3.05, 3.63) is 54.1 Å². The minimum atomic E-state index is 0.613. The molecular formula is C25H35N3O. The molecule has 0 radical (unpaired) electrons. The van der Waals surface area contributed by atoms with Crippen molar-refractivity contribution in [3.63, 3.8) is 0 Å². The van der Waals surface area contributed by atoms with Gasteiger partial charge in [0.2, 0.25) is 0 Å². The lowest BCUT2D eigenvalue weighted by Crippen LogP contribution is -2.45. The number of ether oxygens (including phenoxy) is 1. The second-order valence-corrected chi connectivity index (χ2v) is 8.53. The Hall–Kier alpha value is -1.88. The third-order valence-corrected chi connectivity index (χ3v) is 6.33. The Kier molecular flexibility index (Phi) is 7.20. The van der Waals surface area contributed by atoms with Gasteiger partial charge >= 0.3 is 0 Å². The van der Waals surface area contributed by atoms with Crippen LogP contribution in [0.1, 0.15) is 24.8 Å². The van der Waals surface area contributed by atoms with Crippen molar-refractivity contribution in [1.82, 2.24) is 15.1 Å². The zero-order valence-electron chi connectivity index (χ0n) is 17.8. The van der Waals surface area contributed by atoms with Crippen molar-refractivity contribution in [2.45, 2.75) is 31.7 Å². The number of piperazine rings is 1. The molecule has 2 fully saturated rings. The summed E-state index contributed by atoms with van der Waals surface area (Å²) in [5.41, 5.74) is 4.07. The molecule has 2 aromatic rings. The van der Waals surface area contributed by atoms with Gasteiger partial charge in [0.15, 0.2) is 0 Å². The van der Waals surface area contributed by atoms with E-state index in [0.717, 1.165) is 58.0 Å². The van der Waals surface area contributed by atoms with Crippen molar-refractivity contribution in [1.29, 1.82) is 0 Å². The van der Waals surface area contributed by atoms with Crippen LogP contribution >= 0.6 is 0 Å². The summed E-state index contributed by atoms with van der Waals surface area (Å²) in [4.78, 5) is 4.88. The van der Waals surface area contributed by atoms with Crippen LogP contribution in [0.4, 0.5) is 0 Å². The minimum Gasteiger partial charge on any atom is -0.492 e. The van der Waals surface area contributed by atoms with E-state index in [0.29, 0.717) is 6.04 Å². The van der Waals surface area contributed by atoms with E-state index in [1.54, 1.807) is 0 Å². The third kappa shape index (κ3) is 5.81. The zero-order chi connectivity index (χ0) is 19.9. The largest absolute Gasteiger partial charge is 0.492 e. The quantitative estimate of drug-likeness (QED) is 0.777. The predicted octanol–water partition coefficient (Wildman–Crippen LogP) is 3.66. The summed E-state index contributed by atoms with van der Waals surface area (Å²) in [6.07, 6.45) is 5.06. The maximum absolute atomic E-state index is 6.01. The fourth-order valence-electron chi connectivity index (χ4n) is 4.44. The molecule has 4 nitrogen and oxygen atoms in total. The molecule has 2 aromatic carbocycles. The van der Waals surface area contributed by atoms with Gasteiger partial charge in [0.1, 0.15) is 12.4 Å². The second kappa shape index (κ2) is 10.2. The van der Waals surface area contributed by atoms with Crippen LogP contribution in [0.25, 0.3) is 11.1 Å². The monoisotopic (exact) mass is 393 g/mol. The molecule has 2 saturated heterocycles. The van der Waals surface area contributed by atoms with Crippen molar-refractivity contribution < 1.29 is 4.74 Å². The summed E-state index contributed by atoms with van der Waals surface area (Å²) < 4.78 is 6.01. The highest BCUT2D eigenvalue weighted by molar-refractivity contribution is 5.68. The fourth-order valence-corrected chi connectivity index (χ4v) is 4.44. The van der Waals surface area contributed by atoms with E-state index in [-0.39, 0.29) is 0 Å². The molecule has 2 aliphatic rings. The molecule has 2 heterocycles. The van der Waals surface area contributed by atoms with Crippen LogP contribution in [-0.2, 0) is 6.42 Å². The number of nitrogens with zero attached hydrogens (tertiary/aromatic N) is 2. The second-order valence-electron chi connectivity index (χ2n) is 8.53. The van der Waals surface area contributed by atoms with E-state index >= 15 is 0 Å². The highest BCUT2D eigenvalue weighted by atomic mass is 16.5. The first-order valence-electron chi connectivity index (χ1n) is 11.2.